The Morgan fingerprint density at radius 1 is 1.07 bits per heavy atom. The smallest absolute Gasteiger partial charge is 0.253 e. The number of methoxy groups -OCH3 is 1. The van der Waals surface area contributed by atoms with Gasteiger partial charge in [-0.15, -0.1) is 0 Å². The van der Waals surface area contributed by atoms with Gasteiger partial charge in [-0.3, -0.25) is 9.69 Å². The van der Waals surface area contributed by atoms with Gasteiger partial charge in [0.2, 0.25) is 0 Å². The Morgan fingerprint density at radius 3 is 2.66 bits per heavy atom. The van der Waals surface area contributed by atoms with E-state index in [9.17, 15) is 4.79 Å². The molecule has 29 heavy (non-hydrogen) atoms. The molecule has 2 saturated heterocycles. The van der Waals surface area contributed by atoms with Crippen LogP contribution in [0.5, 0.6) is 5.75 Å². The zero-order valence-corrected chi connectivity index (χ0v) is 17.7. The maximum atomic E-state index is 13.3. The molecule has 3 atom stereocenters. The predicted molar refractivity (Wildman–Crippen MR) is 117 cm³/mol. The van der Waals surface area contributed by atoms with Gasteiger partial charge in [-0.1, -0.05) is 60.8 Å². The molecule has 2 aliphatic heterocycles. The largest absolute Gasteiger partial charge is 0.495 e. The van der Waals surface area contributed by atoms with Gasteiger partial charge in [-0.05, 0) is 49.9 Å². The number of ether oxygens (including phenoxy) is 1. The molecule has 2 fully saturated rings. The number of rotatable bonds is 5. The van der Waals surface area contributed by atoms with Crippen molar-refractivity contribution in [2.75, 3.05) is 13.7 Å². The third kappa shape index (κ3) is 4.29. The minimum atomic E-state index is -0.151. The number of hydrogen-bond acceptors (Lipinski definition) is 3. The van der Waals surface area contributed by atoms with E-state index in [1.54, 1.807) is 25.3 Å². The van der Waals surface area contributed by atoms with Gasteiger partial charge in [0.05, 0.1) is 23.7 Å². The van der Waals surface area contributed by atoms with Crippen LogP contribution in [-0.2, 0) is 0 Å². The lowest BCUT2D eigenvalue weighted by Crippen LogP contribution is -2.54. The average Bonchev–Trinajstić information content (AvgIpc) is 2.78. The number of nitrogens with zero attached hydrogens (tertiary/aromatic N) is 1. The van der Waals surface area contributed by atoms with E-state index in [2.05, 4.69) is 22.3 Å². The number of fused-ring (bicyclic) bond motifs is 1. The second-order valence-electron chi connectivity index (χ2n) is 8.07. The summed E-state index contributed by atoms with van der Waals surface area (Å²) in [5.41, 5.74) is 1.61. The molecule has 0 spiro atoms. The van der Waals surface area contributed by atoms with E-state index in [0.29, 0.717) is 28.4 Å². The van der Waals surface area contributed by atoms with Crippen molar-refractivity contribution in [1.29, 1.82) is 0 Å². The van der Waals surface area contributed by atoms with E-state index in [1.807, 2.05) is 18.2 Å². The molecule has 0 aliphatic carbocycles. The topological polar surface area (TPSA) is 41.6 Å². The fourth-order valence-electron chi connectivity index (χ4n) is 4.98. The van der Waals surface area contributed by atoms with Crippen LogP contribution in [0.4, 0.5) is 0 Å². The number of hydrogen-bond donors (Lipinski definition) is 1. The maximum Gasteiger partial charge on any atom is 0.253 e. The second kappa shape index (κ2) is 9.19. The van der Waals surface area contributed by atoms with Crippen molar-refractivity contribution in [3.8, 4) is 5.75 Å². The van der Waals surface area contributed by atoms with Crippen LogP contribution in [0.3, 0.4) is 0 Å². The summed E-state index contributed by atoms with van der Waals surface area (Å²) in [4.78, 5) is 15.9. The number of piperidine rings is 2. The van der Waals surface area contributed by atoms with E-state index >= 15 is 0 Å². The van der Waals surface area contributed by atoms with E-state index in [0.717, 1.165) is 18.5 Å². The first-order valence-corrected chi connectivity index (χ1v) is 11.0. The molecule has 2 aromatic carbocycles. The third-order valence-corrected chi connectivity index (χ3v) is 6.78. The van der Waals surface area contributed by atoms with E-state index < -0.39 is 0 Å². The highest BCUT2D eigenvalue weighted by Crippen LogP contribution is 2.36. The summed E-state index contributed by atoms with van der Waals surface area (Å²) >= 11 is 6.43. The van der Waals surface area contributed by atoms with Crippen LogP contribution in [0.15, 0.2) is 48.5 Å². The summed E-state index contributed by atoms with van der Waals surface area (Å²) in [6.45, 7) is 1.12. The lowest BCUT2D eigenvalue weighted by molar-refractivity contribution is 0.0311. The molecule has 0 radical (unpaired) electrons. The molecular weight excluding hydrogens is 384 g/mol. The van der Waals surface area contributed by atoms with Gasteiger partial charge in [-0.2, -0.15) is 0 Å². The maximum absolute atomic E-state index is 13.3. The SMILES string of the molecule is COc1cccc(C(=O)NC(c2ccccc2)C2CCCC3CCCCN32)c1Cl. The Bertz CT molecular complexity index is 840. The first-order valence-electron chi connectivity index (χ1n) is 10.6. The molecule has 154 valence electrons. The second-order valence-corrected chi connectivity index (χ2v) is 8.45. The molecule has 3 unspecified atom stereocenters. The average molecular weight is 413 g/mol. The van der Waals surface area contributed by atoms with Crippen LogP contribution in [0.2, 0.25) is 5.02 Å². The fraction of sp³-hybridized carbons (Fsp3) is 0.458. The van der Waals surface area contributed by atoms with Crippen LogP contribution in [-0.4, -0.2) is 36.5 Å². The lowest BCUT2D eigenvalue weighted by Gasteiger charge is -2.48. The Hall–Kier alpha value is -2.04. The number of benzene rings is 2. The Labute approximate surface area is 178 Å². The highest BCUT2D eigenvalue weighted by Gasteiger charge is 2.38. The van der Waals surface area contributed by atoms with Crippen molar-refractivity contribution in [2.24, 2.45) is 0 Å². The molecule has 0 saturated carbocycles. The van der Waals surface area contributed by atoms with Crippen molar-refractivity contribution >= 4 is 17.5 Å². The summed E-state index contributed by atoms with van der Waals surface area (Å²) < 4.78 is 5.29. The molecule has 2 heterocycles. The van der Waals surface area contributed by atoms with Gasteiger partial charge in [-0.25, -0.2) is 0 Å². The monoisotopic (exact) mass is 412 g/mol. The number of carbonyl (C=O) groups is 1. The molecule has 2 aliphatic rings. The first-order chi connectivity index (χ1) is 14.2. The molecule has 0 aromatic heterocycles. The molecule has 4 nitrogen and oxygen atoms in total. The van der Waals surface area contributed by atoms with Gasteiger partial charge >= 0.3 is 0 Å². The standard InChI is InChI=1S/C24H29ClN2O2/c1-29-21-15-8-13-19(22(21)25)24(28)26-23(17-9-3-2-4-10-17)20-14-7-12-18-11-5-6-16-27(18)20/h2-4,8-10,13,15,18,20,23H,5-7,11-12,14,16H2,1H3,(H,26,28). The Balaban J connectivity index is 1.64. The minimum absolute atomic E-state index is 0.0631. The van der Waals surface area contributed by atoms with Crippen molar-refractivity contribution in [3.63, 3.8) is 0 Å². The van der Waals surface area contributed by atoms with Crippen LogP contribution in [0.25, 0.3) is 0 Å². The van der Waals surface area contributed by atoms with Gasteiger partial charge in [0.25, 0.3) is 5.91 Å². The zero-order chi connectivity index (χ0) is 20.2. The summed E-state index contributed by atoms with van der Waals surface area (Å²) in [6.07, 6.45) is 7.41. The van der Waals surface area contributed by atoms with Crippen LogP contribution in [0, 0.1) is 0 Å². The number of amides is 1. The molecule has 0 bridgehead atoms. The van der Waals surface area contributed by atoms with Crippen LogP contribution in [0.1, 0.15) is 60.5 Å². The predicted octanol–water partition coefficient (Wildman–Crippen LogP) is 5.23. The highest BCUT2D eigenvalue weighted by molar-refractivity contribution is 6.35. The molecule has 5 heteroatoms. The Kier molecular flexibility index (Phi) is 6.41. The molecule has 4 rings (SSSR count). The number of nitrogens with one attached hydrogen (secondary N) is 1. The zero-order valence-electron chi connectivity index (χ0n) is 16.9. The first kappa shape index (κ1) is 20.2. The fourth-order valence-corrected chi connectivity index (χ4v) is 5.27. The van der Waals surface area contributed by atoms with E-state index in [4.69, 9.17) is 16.3 Å². The van der Waals surface area contributed by atoms with E-state index in [-0.39, 0.29) is 11.9 Å². The molecule has 1 N–H and O–H groups in total. The van der Waals surface area contributed by atoms with Crippen molar-refractivity contribution in [3.05, 3.63) is 64.7 Å². The summed E-state index contributed by atoms with van der Waals surface area (Å²) in [5.74, 6) is 0.367. The molecule has 2 aromatic rings. The summed E-state index contributed by atoms with van der Waals surface area (Å²) in [5, 5.41) is 3.68. The van der Waals surface area contributed by atoms with Gasteiger partial charge < -0.3 is 10.1 Å². The van der Waals surface area contributed by atoms with Gasteiger partial charge in [0.1, 0.15) is 5.75 Å². The summed E-state index contributed by atoms with van der Waals surface area (Å²) in [6, 6.07) is 16.6. The lowest BCUT2D eigenvalue weighted by atomic mass is 9.84. The minimum Gasteiger partial charge on any atom is -0.495 e. The number of halogens is 1. The highest BCUT2D eigenvalue weighted by atomic mass is 35.5. The number of carbonyl (C=O) groups excluding carboxylic acids is 1. The van der Waals surface area contributed by atoms with Crippen LogP contribution >= 0.6 is 11.6 Å². The van der Waals surface area contributed by atoms with Crippen molar-refractivity contribution in [1.82, 2.24) is 10.2 Å². The third-order valence-electron chi connectivity index (χ3n) is 6.39. The van der Waals surface area contributed by atoms with Crippen molar-refractivity contribution < 1.29 is 9.53 Å². The molecule has 1 amide bonds. The van der Waals surface area contributed by atoms with Gasteiger partial charge in [0, 0.05) is 12.1 Å². The van der Waals surface area contributed by atoms with E-state index in [1.165, 1.54) is 32.1 Å². The van der Waals surface area contributed by atoms with Crippen LogP contribution < -0.4 is 10.1 Å². The summed E-state index contributed by atoms with van der Waals surface area (Å²) in [7, 11) is 1.56. The normalized spacial score (nSPS) is 23.1. The Morgan fingerprint density at radius 2 is 1.86 bits per heavy atom. The molecular formula is C24H29ClN2O2. The van der Waals surface area contributed by atoms with Gasteiger partial charge in [0.15, 0.2) is 0 Å². The van der Waals surface area contributed by atoms with Crippen molar-refractivity contribution in [2.45, 2.75) is 56.7 Å². The quantitative estimate of drug-likeness (QED) is 0.731.